The number of carbonyl (C=O) groups excluding carboxylic acids is 2. The minimum absolute atomic E-state index is 0. The number of ketones is 1. The standard InChI is InChI=1S/C28H26N4O5.ClH/c1-17-26(24(33)14-9-18-7-10-19(11-8-18)27(29)30)22-13-12-21(15-23(22)31-17)37-28(36)32(16-25(34)35)20-5-3-2-4-6-20;/h2-8,10-13,15,31H,9,14,16H2,1H3,(H3,29,30)(H,34,35);1H. The van der Waals surface area contributed by atoms with Gasteiger partial charge in [0.15, 0.2) is 5.78 Å². The van der Waals surface area contributed by atoms with Crippen LogP contribution in [0.1, 0.15) is 33.6 Å². The van der Waals surface area contributed by atoms with Crippen molar-refractivity contribution in [1.82, 2.24) is 4.98 Å². The van der Waals surface area contributed by atoms with Crippen molar-refractivity contribution < 1.29 is 24.2 Å². The first-order chi connectivity index (χ1) is 17.7. The molecule has 4 aromatic rings. The first-order valence-electron chi connectivity index (χ1n) is 11.6. The highest BCUT2D eigenvalue weighted by molar-refractivity contribution is 6.09. The van der Waals surface area contributed by atoms with Gasteiger partial charge in [0.25, 0.3) is 0 Å². The van der Waals surface area contributed by atoms with Crippen molar-refractivity contribution >= 4 is 52.7 Å². The minimum Gasteiger partial charge on any atom is -0.480 e. The Bertz CT molecular complexity index is 1480. The summed E-state index contributed by atoms with van der Waals surface area (Å²) in [7, 11) is 0. The van der Waals surface area contributed by atoms with E-state index in [2.05, 4.69) is 4.98 Å². The minimum atomic E-state index is -1.17. The quantitative estimate of drug-likeness (QED) is 0.133. The van der Waals surface area contributed by atoms with E-state index in [-0.39, 0.29) is 29.8 Å². The van der Waals surface area contributed by atoms with Crippen LogP contribution in [0.5, 0.6) is 5.75 Å². The Morgan fingerprint density at radius 3 is 2.34 bits per heavy atom. The van der Waals surface area contributed by atoms with E-state index in [0.29, 0.717) is 46.3 Å². The third-order valence-corrected chi connectivity index (χ3v) is 5.93. The number of aliphatic carboxylic acids is 1. The maximum absolute atomic E-state index is 13.1. The van der Waals surface area contributed by atoms with Gasteiger partial charge < -0.3 is 20.6 Å². The number of hydrogen-bond acceptors (Lipinski definition) is 5. The summed E-state index contributed by atoms with van der Waals surface area (Å²) in [5, 5.41) is 17.4. The topological polar surface area (TPSA) is 150 Å². The Morgan fingerprint density at radius 1 is 1.03 bits per heavy atom. The SMILES string of the molecule is Cc1[nH]c2cc(OC(=O)N(CC(=O)O)c3ccccc3)ccc2c1C(=O)CCc1ccc(C(=N)N)cc1.Cl. The van der Waals surface area contributed by atoms with Crippen molar-refractivity contribution in [2.45, 2.75) is 19.8 Å². The lowest BCUT2D eigenvalue weighted by Gasteiger charge is -2.20. The number of carbonyl (C=O) groups is 3. The molecule has 5 N–H and O–H groups in total. The van der Waals surface area contributed by atoms with Gasteiger partial charge >= 0.3 is 12.1 Å². The number of aromatic nitrogens is 1. The Kier molecular flexibility index (Phi) is 8.88. The molecule has 1 amide bonds. The molecule has 3 aromatic carbocycles. The molecule has 1 heterocycles. The van der Waals surface area contributed by atoms with Gasteiger partial charge in [-0.05, 0) is 43.2 Å². The molecule has 0 aliphatic carbocycles. The molecule has 0 radical (unpaired) electrons. The number of rotatable bonds is 9. The number of nitrogen functional groups attached to an aromatic ring is 1. The molecule has 0 spiro atoms. The van der Waals surface area contributed by atoms with Gasteiger partial charge in [0.2, 0.25) is 0 Å². The van der Waals surface area contributed by atoms with Gasteiger partial charge in [0.05, 0.1) is 5.52 Å². The number of aromatic amines is 1. The van der Waals surface area contributed by atoms with E-state index in [4.69, 9.17) is 15.9 Å². The number of Topliss-reactive ketones (excluding diaryl/α,β-unsaturated/α-hetero) is 1. The van der Waals surface area contributed by atoms with Crippen LogP contribution in [-0.2, 0) is 11.2 Å². The summed E-state index contributed by atoms with van der Waals surface area (Å²) in [6.45, 7) is 1.26. The van der Waals surface area contributed by atoms with Crippen molar-refractivity contribution in [2.24, 2.45) is 5.73 Å². The number of H-pyrrole nitrogens is 1. The number of para-hydroxylation sites is 1. The number of carboxylic acid groups (broad SMARTS) is 1. The van der Waals surface area contributed by atoms with Gasteiger partial charge in [-0.1, -0.05) is 42.5 Å². The third kappa shape index (κ3) is 6.37. The zero-order chi connectivity index (χ0) is 26.5. The summed E-state index contributed by atoms with van der Waals surface area (Å²) in [5.74, 6) is -0.985. The number of ether oxygens (including phenoxy) is 1. The van der Waals surface area contributed by atoms with Gasteiger partial charge in [0.1, 0.15) is 18.1 Å². The van der Waals surface area contributed by atoms with Crippen LogP contribution in [0.4, 0.5) is 10.5 Å². The average molecular weight is 535 g/mol. The molecule has 0 aliphatic heterocycles. The predicted molar refractivity (Wildman–Crippen MR) is 148 cm³/mol. The molecule has 0 bridgehead atoms. The molecular formula is C28H27ClN4O5. The fourth-order valence-corrected chi connectivity index (χ4v) is 4.13. The summed E-state index contributed by atoms with van der Waals surface area (Å²) < 4.78 is 5.48. The van der Waals surface area contributed by atoms with Crippen molar-refractivity contribution in [2.75, 3.05) is 11.4 Å². The first kappa shape index (κ1) is 27.9. The van der Waals surface area contributed by atoms with Crippen molar-refractivity contribution in [1.29, 1.82) is 5.41 Å². The van der Waals surface area contributed by atoms with Crippen LogP contribution < -0.4 is 15.4 Å². The summed E-state index contributed by atoms with van der Waals surface area (Å²) >= 11 is 0. The van der Waals surface area contributed by atoms with Gasteiger partial charge in [-0.25, -0.2) is 4.79 Å². The second-order valence-corrected chi connectivity index (χ2v) is 8.55. The summed E-state index contributed by atoms with van der Waals surface area (Å²) in [5.41, 5.74) is 9.39. The van der Waals surface area contributed by atoms with E-state index in [1.807, 2.05) is 19.1 Å². The number of halogens is 1. The van der Waals surface area contributed by atoms with Gasteiger partial charge in [0, 0.05) is 40.4 Å². The lowest BCUT2D eigenvalue weighted by atomic mass is 9.99. The van der Waals surface area contributed by atoms with Gasteiger partial charge in [-0.2, -0.15) is 0 Å². The highest BCUT2D eigenvalue weighted by Gasteiger charge is 2.22. The molecule has 0 aliphatic rings. The van der Waals surface area contributed by atoms with E-state index >= 15 is 0 Å². The molecule has 0 fully saturated rings. The maximum atomic E-state index is 13.1. The van der Waals surface area contributed by atoms with E-state index < -0.39 is 18.6 Å². The molecule has 0 unspecified atom stereocenters. The first-order valence-corrected chi connectivity index (χ1v) is 11.6. The van der Waals surface area contributed by atoms with E-state index in [1.165, 1.54) is 0 Å². The molecule has 0 atom stereocenters. The number of aryl methyl sites for hydroxylation is 2. The molecule has 38 heavy (non-hydrogen) atoms. The second-order valence-electron chi connectivity index (χ2n) is 8.55. The number of nitrogens with zero attached hydrogens (tertiary/aromatic N) is 1. The number of carboxylic acids is 1. The summed E-state index contributed by atoms with van der Waals surface area (Å²) in [4.78, 5) is 41.4. The predicted octanol–water partition coefficient (Wildman–Crippen LogP) is 5.09. The Morgan fingerprint density at radius 2 is 1.71 bits per heavy atom. The zero-order valence-corrected chi connectivity index (χ0v) is 21.4. The number of nitrogens with one attached hydrogen (secondary N) is 2. The second kappa shape index (κ2) is 12.1. The van der Waals surface area contributed by atoms with Crippen molar-refractivity contribution in [3.63, 3.8) is 0 Å². The fraction of sp³-hybridized carbons (Fsp3) is 0.143. The van der Waals surface area contributed by atoms with Crippen LogP contribution in [0.2, 0.25) is 0 Å². The van der Waals surface area contributed by atoms with Crippen LogP contribution in [0.3, 0.4) is 0 Å². The molecule has 0 saturated carbocycles. The van der Waals surface area contributed by atoms with Crippen LogP contribution >= 0.6 is 12.4 Å². The number of nitrogens with two attached hydrogens (primary N) is 1. The molecule has 4 rings (SSSR count). The monoisotopic (exact) mass is 534 g/mol. The van der Waals surface area contributed by atoms with E-state index in [9.17, 15) is 19.5 Å². The lowest BCUT2D eigenvalue weighted by molar-refractivity contribution is -0.135. The van der Waals surface area contributed by atoms with Crippen molar-refractivity contribution in [3.8, 4) is 5.75 Å². The number of anilines is 1. The van der Waals surface area contributed by atoms with Gasteiger partial charge in [-0.15, -0.1) is 12.4 Å². The summed E-state index contributed by atoms with van der Waals surface area (Å²) in [6, 6.07) is 20.5. The van der Waals surface area contributed by atoms with E-state index in [1.54, 1.807) is 60.7 Å². The number of benzene rings is 3. The highest BCUT2D eigenvalue weighted by Crippen LogP contribution is 2.28. The number of hydrogen-bond donors (Lipinski definition) is 4. The Hall–Kier alpha value is -4.63. The van der Waals surface area contributed by atoms with Crippen LogP contribution in [0.25, 0.3) is 10.9 Å². The van der Waals surface area contributed by atoms with Crippen LogP contribution in [-0.4, -0.2) is 40.3 Å². The normalized spacial score (nSPS) is 10.4. The lowest BCUT2D eigenvalue weighted by Crippen LogP contribution is -2.37. The van der Waals surface area contributed by atoms with Crippen LogP contribution in [0, 0.1) is 12.3 Å². The molecule has 196 valence electrons. The van der Waals surface area contributed by atoms with E-state index in [0.717, 1.165) is 10.5 Å². The zero-order valence-electron chi connectivity index (χ0n) is 20.6. The Balaban J connectivity index is 0.00000400. The highest BCUT2D eigenvalue weighted by atomic mass is 35.5. The number of amides is 1. The molecule has 0 saturated heterocycles. The molecule has 1 aromatic heterocycles. The fourth-order valence-electron chi connectivity index (χ4n) is 4.13. The number of fused-ring (bicyclic) bond motifs is 1. The van der Waals surface area contributed by atoms with Crippen molar-refractivity contribution in [3.05, 3.63) is 95.2 Å². The van der Waals surface area contributed by atoms with Crippen LogP contribution in [0.15, 0.2) is 72.8 Å². The molecule has 9 nitrogen and oxygen atoms in total. The maximum Gasteiger partial charge on any atom is 0.420 e. The molecule has 10 heteroatoms. The molecular weight excluding hydrogens is 508 g/mol. The van der Waals surface area contributed by atoms with Gasteiger partial charge in [-0.3, -0.25) is 19.9 Å². The smallest absolute Gasteiger partial charge is 0.420 e. The largest absolute Gasteiger partial charge is 0.480 e. The summed E-state index contributed by atoms with van der Waals surface area (Å²) in [6.07, 6.45) is 0.00595. The Labute approximate surface area is 225 Å². The number of amidine groups is 1. The third-order valence-electron chi connectivity index (χ3n) is 5.93. The average Bonchev–Trinajstić information content (AvgIpc) is 3.21.